The van der Waals surface area contributed by atoms with E-state index in [1.807, 2.05) is 0 Å². The number of rotatable bonds is 3. The Morgan fingerprint density at radius 1 is 1.33 bits per heavy atom. The van der Waals surface area contributed by atoms with Crippen molar-refractivity contribution in [2.75, 3.05) is 11.5 Å². The van der Waals surface area contributed by atoms with E-state index < -0.39 is 34.5 Å². The summed E-state index contributed by atoms with van der Waals surface area (Å²) in [5.41, 5.74) is 0.382. The van der Waals surface area contributed by atoms with Gasteiger partial charge in [0, 0.05) is 5.02 Å². The number of fused-ring (bicyclic) bond motifs is 1. The lowest BCUT2D eigenvalue weighted by atomic mass is 10.2. The number of piperidine rings is 1. The maximum Gasteiger partial charge on any atom is 0.328 e. The summed E-state index contributed by atoms with van der Waals surface area (Å²) in [7, 11) is 0. The van der Waals surface area contributed by atoms with Gasteiger partial charge in [-0.15, -0.1) is 11.6 Å². The summed E-state index contributed by atoms with van der Waals surface area (Å²) in [6, 6.07) is 6.40. The lowest BCUT2D eigenvalue weighted by Gasteiger charge is -2.20. The lowest BCUT2D eigenvalue weighted by Crippen LogP contribution is -2.41. The number of carbonyl (C=O) groups excluding carboxylic acids is 3. The fourth-order valence-electron chi connectivity index (χ4n) is 2.75. The zero-order chi connectivity index (χ0) is 15.4. The molecule has 0 bridgehead atoms. The van der Waals surface area contributed by atoms with Crippen LogP contribution in [0.15, 0.2) is 24.3 Å². The van der Waals surface area contributed by atoms with E-state index in [0.717, 1.165) is 4.90 Å². The molecule has 3 rings (SSSR count). The van der Waals surface area contributed by atoms with Crippen LogP contribution < -0.4 is 4.90 Å². The molecule has 1 aliphatic heterocycles. The number of esters is 1. The van der Waals surface area contributed by atoms with E-state index in [1.54, 1.807) is 25.1 Å². The van der Waals surface area contributed by atoms with Gasteiger partial charge < -0.3 is 4.74 Å². The number of alkyl halides is 1. The number of carbonyl (C=O) groups is 3. The SMILES string of the molecule is CCOC(=O)C1(Cl)[C@@H]2C(=O)N(c3cccc(Cl)c3)C(=O)[C@@H]21. The third-order valence-corrected chi connectivity index (χ3v) is 4.62. The van der Waals surface area contributed by atoms with Crippen molar-refractivity contribution in [3.63, 3.8) is 0 Å². The smallest absolute Gasteiger partial charge is 0.328 e. The van der Waals surface area contributed by atoms with Gasteiger partial charge in [0.05, 0.1) is 24.1 Å². The second kappa shape index (κ2) is 4.71. The van der Waals surface area contributed by atoms with E-state index in [0.29, 0.717) is 10.7 Å². The number of benzene rings is 1. The van der Waals surface area contributed by atoms with Gasteiger partial charge in [0.2, 0.25) is 11.8 Å². The van der Waals surface area contributed by atoms with Crippen LogP contribution in [0.2, 0.25) is 5.02 Å². The largest absolute Gasteiger partial charge is 0.465 e. The Balaban J connectivity index is 1.89. The fraction of sp³-hybridized carbons (Fsp3) is 0.357. The van der Waals surface area contributed by atoms with Crippen molar-refractivity contribution in [1.82, 2.24) is 0 Å². The van der Waals surface area contributed by atoms with Crippen LogP contribution in [-0.4, -0.2) is 29.3 Å². The summed E-state index contributed by atoms with van der Waals surface area (Å²) < 4.78 is 4.85. The quantitative estimate of drug-likeness (QED) is 0.484. The Bertz CT molecular complexity index is 638. The van der Waals surface area contributed by atoms with Crippen LogP contribution in [0.5, 0.6) is 0 Å². The molecular formula is C14H11Cl2NO4. The van der Waals surface area contributed by atoms with Crippen LogP contribution in [0.3, 0.4) is 0 Å². The summed E-state index contributed by atoms with van der Waals surface area (Å²) in [6.07, 6.45) is 0. The maximum atomic E-state index is 12.4. The Labute approximate surface area is 130 Å². The van der Waals surface area contributed by atoms with E-state index in [-0.39, 0.29) is 6.61 Å². The number of imide groups is 1. The molecule has 1 aliphatic carbocycles. The Morgan fingerprint density at radius 2 is 1.95 bits per heavy atom. The number of hydrogen-bond donors (Lipinski definition) is 0. The predicted octanol–water partition coefficient (Wildman–Crippen LogP) is 2.00. The fourth-order valence-corrected chi connectivity index (χ4v) is 3.37. The highest BCUT2D eigenvalue weighted by molar-refractivity contribution is 6.46. The topological polar surface area (TPSA) is 63.7 Å². The Kier molecular flexibility index (Phi) is 3.22. The highest BCUT2D eigenvalue weighted by Gasteiger charge is 2.82. The predicted molar refractivity (Wildman–Crippen MR) is 76.1 cm³/mol. The van der Waals surface area contributed by atoms with Gasteiger partial charge in [-0.2, -0.15) is 0 Å². The van der Waals surface area contributed by atoms with Crippen molar-refractivity contribution in [2.45, 2.75) is 11.8 Å². The van der Waals surface area contributed by atoms with Gasteiger partial charge in [-0.3, -0.25) is 14.4 Å². The minimum atomic E-state index is -1.54. The molecule has 0 N–H and O–H groups in total. The molecule has 1 heterocycles. The van der Waals surface area contributed by atoms with Crippen molar-refractivity contribution in [3.05, 3.63) is 29.3 Å². The molecule has 3 atom stereocenters. The van der Waals surface area contributed by atoms with Crippen molar-refractivity contribution < 1.29 is 19.1 Å². The van der Waals surface area contributed by atoms with Gasteiger partial charge in [-0.1, -0.05) is 17.7 Å². The second-order valence-corrected chi connectivity index (χ2v) is 6.00. The zero-order valence-electron chi connectivity index (χ0n) is 11.0. The first kappa shape index (κ1) is 14.4. The van der Waals surface area contributed by atoms with Crippen molar-refractivity contribution in [1.29, 1.82) is 0 Å². The van der Waals surface area contributed by atoms with Crippen LogP contribution in [0.4, 0.5) is 5.69 Å². The highest BCUT2D eigenvalue weighted by Crippen LogP contribution is 2.62. The van der Waals surface area contributed by atoms with Crippen LogP contribution in [0.25, 0.3) is 0 Å². The second-order valence-electron chi connectivity index (χ2n) is 4.94. The van der Waals surface area contributed by atoms with E-state index in [2.05, 4.69) is 0 Å². The van der Waals surface area contributed by atoms with E-state index in [4.69, 9.17) is 27.9 Å². The molecule has 2 fully saturated rings. The van der Waals surface area contributed by atoms with Gasteiger partial charge in [0.25, 0.3) is 0 Å². The van der Waals surface area contributed by atoms with Crippen molar-refractivity contribution in [3.8, 4) is 0 Å². The van der Waals surface area contributed by atoms with Gasteiger partial charge in [0.1, 0.15) is 0 Å². The van der Waals surface area contributed by atoms with Gasteiger partial charge in [-0.05, 0) is 25.1 Å². The van der Waals surface area contributed by atoms with E-state index in [1.165, 1.54) is 6.07 Å². The monoisotopic (exact) mass is 327 g/mol. The average molecular weight is 328 g/mol. The first-order valence-electron chi connectivity index (χ1n) is 6.42. The molecule has 1 aromatic rings. The zero-order valence-corrected chi connectivity index (χ0v) is 12.5. The summed E-state index contributed by atoms with van der Waals surface area (Å²) in [5, 5.41) is 0.413. The molecule has 5 nitrogen and oxygen atoms in total. The van der Waals surface area contributed by atoms with Crippen LogP contribution in [0.1, 0.15) is 6.92 Å². The van der Waals surface area contributed by atoms with Crippen LogP contribution in [-0.2, 0) is 19.1 Å². The van der Waals surface area contributed by atoms with Crippen LogP contribution in [0, 0.1) is 11.8 Å². The van der Waals surface area contributed by atoms with Crippen molar-refractivity contribution in [2.24, 2.45) is 11.8 Å². The summed E-state index contributed by atoms with van der Waals surface area (Å²) in [6.45, 7) is 1.78. The molecule has 110 valence electrons. The molecule has 0 spiro atoms. The molecule has 2 amide bonds. The summed E-state index contributed by atoms with van der Waals surface area (Å²) >= 11 is 12.0. The molecule has 1 saturated carbocycles. The molecule has 1 unspecified atom stereocenters. The Morgan fingerprint density at radius 3 is 2.48 bits per heavy atom. The lowest BCUT2D eigenvalue weighted by molar-refractivity contribution is -0.146. The standard InChI is InChI=1S/C14H11Cl2NO4/c1-2-21-13(20)14(16)9-10(14)12(19)17(11(9)18)8-5-3-4-7(15)6-8/h3-6,9-10H,2H2,1H3/t9-,10+,14?. The first-order chi connectivity index (χ1) is 9.92. The molecule has 7 heteroatoms. The maximum absolute atomic E-state index is 12.4. The number of nitrogens with zero attached hydrogens (tertiary/aromatic N) is 1. The first-order valence-corrected chi connectivity index (χ1v) is 7.18. The van der Waals surface area contributed by atoms with Gasteiger partial charge in [0.15, 0.2) is 4.87 Å². The number of halogens is 2. The normalized spacial score (nSPS) is 30.3. The molecule has 0 radical (unpaired) electrons. The van der Waals surface area contributed by atoms with Crippen molar-refractivity contribution >= 4 is 46.7 Å². The summed E-state index contributed by atoms with van der Waals surface area (Å²) in [5.74, 6) is -3.41. The average Bonchev–Trinajstić information content (AvgIpc) is 2.97. The molecule has 0 aromatic heterocycles. The minimum absolute atomic E-state index is 0.146. The van der Waals surface area contributed by atoms with E-state index in [9.17, 15) is 14.4 Å². The highest BCUT2D eigenvalue weighted by atomic mass is 35.5. The van der Waals surface area contributed by atoms with Gasteiger partial charge in [-0.25, -0.2) is 4.90 Å². The number of ether oxygens (including phenoxy) is 1. The van der Waals surface area contributed by atoms with E-state index >= 15 is 0 Å². The molecule has 21 heavy (non-hydrogen) atoms. The molecular weight excluding hydrogens is 317 g/mol. The Hall–Kier alpha value is -1.59. The third kappa shape index (κ3) is 1.88. The molecule has 1 saturated heterocycles. The number of amides is 2. The van der Waals surface area contributed by atoms with Crippen LogP contribution >= 0.6 is 23.2 Å². The molecule has 2 aliphatic rings. The number of hydrogen-bond acceptors (Lipinski definition) is 4. The third-order valence-electron chi connectivity index (χ3n) is 3.76. The molecule has 1 aromatic carbocycles. The number of anilines is 1. The minimum Gasteiger partial charge on any atom is -0.465 e. The summed E-state index contributed by atoms with van der Waals surface area (Å²) in [4.78, 5) is 36.0. The van der Waals surface area contributed by atoms with Gasteiger partial charge >= 0.3 is 5.97 Å².